The Labute approximate surface area is 118 Å². The molecule has 0 saturated carbocycles. The van der Waals surface area contributed by atoms with Crippen LogP contribution in [0.15, 0.2) is 42.1 Å². The average Bonchev–Trinajstić information content (AvgIpc) is 2.47. The van der Waals surface area contributed by atoms with E-state index in [9.17, 15) is 0 Å². The van der Waals surface area contributed by atoms with E-state index in [0.717, 1.165) is 30.2 Å². The van der Waals surface area contributed by atoms with Gasteiger partial charge in [-0.3, -0.25) is 4.98 Å². The monoisotopic (exact) mass is 274 g/mol. The first-order valence-corrected chi connectivity index (χ1v) is 7.43. The van der Waals surface area contributed by atoms with Gasteiger partial charge in [-0.05, 0) is 37.4 Å². The van der Waals surface area contributed by atoms with E-state index >= 15 is 0 Å². The second-order valence-corrected chi connectivity index (χ2v) is 5.19. The molecule has 0 atom stereocenters. The summed E-state index contributed by atoms with van der Waals surface area (Å²) in [6.45, 7) is 1.88. The maximum atomic E-state index is 4.29. The van der Waals surface area contributed by atoms with Crippen molar-refractivity contribution in [2.24, 2.45) is 0 Å². The van der Waals surface area contributed by atoms with Gasteiger partial charge in [0, 0.05) is 43.4 Å². The third kappa shape index (κ3) is 4.61. The number of rotatable bonds is 6. The van der Waals surface area contributed by atoms with Crippen molar-refractivity contribution in [3.8, 4) is 0 Å². The fraction of sp³-hybridized carbons (Fsp3) is 0.357. The first kappa shape index (κ1) is 14.0. The maximum Gasteiger partial charge on any atom is 0.187 e. The van der Waals surface area contributed by atoms with E-state index in [4.69, 9.17) is 0 Å². The van der Waals surface area contributed by atoms with Crippen molar-refractivity contribution in [2.75, 3.05) is 19.8 Å². The molecule has 0 N–H and O–H groups in total. The Morgan fingerprint density at radius 3 is 2.42 bits per heavy atom. The first-order valence-electron chi connectivity index (χ1n) is 6.20. The van der Waals surface area contributed by atoms with Gasteiger partial charge in [0.1, 0.15) is 0 Å². The number of hydrogen-bond acceptors (Lipinski definition) is 5. The van der Waals surface area contributed by atoms with Crippen molar-refractivity contribution in [1.82, 2.24) is 19.9 Å². The van der Waals surface area contributed by atoms with Crippen molar-refractivity contribution in [3.05, 3.63) is 48.0 Å². The quantitative estimate of drug-likeness (QED) is 0.597. The van der Waals surface area contributed by atoms with Crippen LogP contribution in [-0.2, 0) is 13.0 Å². The number of aromatic nitrogens is 3. The van der Waals surface area contributed by atoms with Gasteiger partial charge < -0.3 is 4.90 Å². The Kier molecular flexibility index (Phi) is 5.30. The van der Waals surface area contributed by atoms with Crippen molar-refractivity contribution < 1.29 is 0 Å². The molecular weight excluding hydrogens is 256 g/mol. The van der Waals surface area contributed by atoms with Crippen LogP contribution in [0.3, 0.4) is 0 Å². The van der Waals surface area contributed by atoms with Gasteiger partial charge in [-0.25, -0.2) is 9.97 Å². The summed E-state index contributed by atoms with van der Waals surface area (Å²) < 4.78 is 0. The summed E-state index contributed by atoms with van der Waals surface area (Å²) in [4.78, 5) is 14.9. The molecule has 5 heteroatoms. The Bertz CT molecular complexity index is 487. The lowest BCUT2D eigenvalue weighted by atomic mass is 10.2. The Balaban J connectivity index is 1.82. The lowest BCUT2D eigenvalue weighted by Gasteiger charge is -2.16. The first-order chi connectivity index (χ1) is 9.28. The predicted octanol–water partition coefficient (Wildman–Crippen LogP) is 2.27. The Morgan fingerprint density at radius 1 is 1.11 bits per heavy atom. The highest BCUT2D eigenvalue weighted by Gasteiger charge is 2.02. The van der Waals surface area contributed by atoms with Crippen LogP contribution in [0.25, 0.3) is 0 Å². The minimum Gasteiger partial charge on any atom is -0.302 e. The average molecular weight is 274 g/mol. The molecule has 100 valence electrons. The van der Waals surface area contributed by atoms with Gasteiger partial charge in [0.25, 0.3) is 0 Å². The van der Waals surface area contributed by atoms with Crippen molar-refractivity contribution in [3.63, 3.8) is 0 Å². The highest BCUT2D eigenvalue weighted by atomic mass is 32.2. The third-order valence-electron chi connectivity index (χ3n) is 2.85. The van der Waals surface area contributed by atoms with Crippen LogP contribution in [-0.4, -0.2) is 39.7 Å². The van der Waals surface area contributed by atoms with Crippen LogP contribution in [0, 0.1) is 0 Å². The number of thioether (sulfide) groups is 1. The normalized spacial score (nSPS) is 10.9. The van der Waals surface area contributed by atoms with E-state index < -0.39 is 0 Å². The SMILES string of the molecule is CSc1ncc(CN(C)CCc2ccncc2)cn1. The molecule has 2 aromatic rings. The van der Waals surface area contributed by atoms with E-state index in [0.29, 0.717) is 0 Å². The molecule has 4 nitrogen and oxygen atoms in total. The molecule has 19 heavy (non-hydrogen) atoms. The number of hydrogen-bond donors (Lipinski definition) is 0. The maximum absolute atomic E-state index is 4.29. The van der Waals surface area contributed by atoms with E-state index in [1.807, 2.05) is 31.0 Å². The van der Waals surface area contributed by atoms with Crippen LogP contribution < -0.4 is 0 Å². The van der Waals surface area contributed by atoms with Crippen LogP contribution >= 0.6 is 11.8 Å². The molecule has 0 aromatic carbocycles. The molecule has 2 heterocycles. The zero-order valence-electron chi connectivity index (χ0n) is 11.3. The van der Waals surface area contributed by atoms with Gasteiger partial charge in [0.15, 0.2) is 5.16 Å². The minimum absolute atomic E-state index is 0.822. The topological polar surface area (TPSA) is 41.9 Å². The molecule has 0 radical (unpaired) electrons. The molecule has 0 saturated heterocycles. The fourth-order valence-corrected chi connectivity index (χ4v) is 2.11. The van der Waals surface area contributed by atoms with Crippen molar-refractivity contribution in [1.29, 1.82) is 0 Å². The van der Waals surface area contributed by atoms with E-state index in [-0.39, 0.29) is 0 Å². The van der Waals surface area contributed by atoms with Crippen LogP contribution in [0.2, 0.25) is 0 Å². The summed E-state index contributed by atoms with van der Waals surface area (Å²) in [6.07, 6.45) is 10.5. The summed E-state index contributed by atoms with van der Waals surface area (Å²) in [5, 5.41) is 0.822. The van der Waals surface area contributed by atoms with Crippen molar-refractivity contribution in [2.45, 2.75) is 18.1 Å². The zero-order chi connectivity index (χ0) is 13.5. The Morgan fingerprint density at radius 2 is 1.79 bits per heavy atom. The van der Waals surface area contributed by atoms with Crippen LogP contribution in [0.1, 0.15) is 11.1 Å². The lowest BCUT2D eigenvalue weighted by molar-refractivity contribution is 0.330. The number of pyridine rings is 1. The Hall–Kier alpha value is -1.46. The lowest BCUT2D eigenvalue weighted by Crippen LogP contribution is -2.21. The van der Waals surface area contributed by atoms with E-state index in [2.05, 4.69) is 39.0 Å². The summed E-state index contributed by atoms with van der Waals surface area (Å²) in [6, 6.07) is 4.12. The zero-order valence-corrected chi connectivity index (χ0v) is 12.1. The van der Waals surface area contributed by atoms with Gasteiger partial charge in [-0.2, -0.15) is 0 Å². The number of likely N-dealkylation sites (N-methyl/N-ethyl adjacent to an activating group) is 1. The van der Waals surface area contributed by atoms with Gasteiger partial charge in [-0.15, -0.1) is 0 Å². The molecule has 2 rings (SSSR count). The van der Waals surface area contributed by atoms with E-state index in [1.54, 1.807) is 11.8 Å². The van der Waals surface area contributed by atoms with E-state index in [1.165, 1.54) is 5.56 Å². The van der Waals surface area contributed by atoms with Gasteiger partial charge in [0.05, 0.1) is 0 Å². The fourth-order valence-electron chi connectivity index (χ4n) is 1.79. The standard InChI is InChI=1S/C14H18N4S/c1-18(8-5-12-3-6-15-7-4-12)11-13-9-16-14(19-2)17-10-13/h3-4,6-7,9-10H,5,8,11H2,1-2H3. The van der Waals surface area contributed by atoms with Gasteiger partial charge in [0.2, 0.25) is 0 Å². The molecule has 0 aliphatic rings. The summed E-state index contributed by atoms with van der Waals surface area (Å²) in [7, 11) is 2.11. The third-order valence-corrected chi connectivity index (χ3v) is 3.42. The smallest absolute Gasteiger partial charge is 0.187 e. The predicted molar refractivity (Wildman–Crippen MR) is 78.1 cm³/mol. The summed E-state index contributed by atoms with van der Waals surface area (Å²) in [5.41, 5.74) is 2.46. The molecule has 2 aromatic heterocycles. The highest BCUT2D eigenvalue weighted by molar-refractivity contribution is 7.98. The summed E-state index contributed by atoms with van der Waals surface area (Å²) in [5.74, 6) is 0. The highest BCUT2D eigenvalue weighted by Crippen LogP contribution is 2.08. The van der Waals surface area contributed by atoms with Gasteiger partial charge >= 0.3 is 0 Å². The molecular formula is C14H18N4S. The molecule has 0 fully saturated rings. The second-order valence-electron chi connectivity index (χ2n) is 4.42. The molecule has 0 aliphatic heterocycles. The molecule has 0 amide bonds. The molecule has 0 aliphatic carbocycles. The molecule has 0 bridgehead atoms. The van der Waals surface area contributed by atoms with Gasteiger partial charge in [-0.1, -0.05) is 11.8 Å². The summed E-state index contributed by atoms with van der Waals surface area (Å²) >= 11 is 1.56. The van der Waals surface area contributed by atoms with Crippen LogP contribution in [0.4, 0.5) is 0 Å². The second kappa shape index (κ2) is 7.21. The molecule has 0 spiro atoms. The number of nitrogens with zero attached hydrogens (tertiary/aromatic N) is 4. The molecule has 0 unspecified atom stereocenters. The largest absolute Gasteiger partial charge is 0.302 e. The van der Waals surface area contributed by atoms with Crippen molar-refractivity contribution >= 4 is 11.8 Å². The van der Waals surface area contributed by atoms with Crippen LogP contribution in [0.5, 0.6) is 0 Å². The minimum atomic E-state index is 0.822.